The van der Waals surface area contributed by atoms with Gasteiger partial charge >= 0.3 is 5.97 Å². The summed E-state index contributed by atoms with van der Waals surface area (Å²) in [6.45, 7) is 21.3. The molecule has 5 fully saturated rings. The van der Waals surface area contributed by atoms with E-state index in [1.807, 2.05) is 6.92 Å². The van der Waals surface area contributed by atoms with Crippen LogP contribution in [0.2, 0.25) is 0 Å². The highest BCUT2D eigenvalue weighted by atomic mass is 35.5. The normalized spacial score (nSPS) is 41.5. The van der Waals surface area contributed by atoms with Crippen molar-refractivity contribution in [2.45, 2.75) is 119 Å². The van der Waals surface area contributed by atoms with Crippen LogP contribution in [-0.2, 0) is 14.3 Å². The maximum atomic E-state index is 13.7. The van der Waals surface area contributed by atoms with Crippen molar-refractivity contribution in [2.24, 2.45) is 56.7 Å². The molecule has 6 nitrogen and oxygen atoms in total. The van der Waals surface area contributed by atoms with Crippen molar-refractivity contribution in [3.8, 4) is 12.3 Å². The number of carbonyl (C=O) groups excluding carboxylic acids is 3. The van der Waals surface area contributed by atoms with Crippen LogP contribution in [-0.4, -0.2) is 35.2 Å². The van der Waals surface area contributed by atoms with Crippen LogP contribution in [0.15, 0.2) is 35.1 Å². The van der Waals surface area contributed by atoms with E-state index in [1.54, 1.807) is 12.1 Å². The number of ketones is 2. The highest BCUT2D eigenvalue weighted by Gasteiger charge is 2.71. The third-order valence-electron chi connectivity index (χ3n) is 16.1. The van der Waals surface area contributed by atoms with E-state index in [9.17, 15) is 14.4 Å². The summed E-state index contributed by atoms with van der Waals surface area (Å²) in [6.07, 6.45) is 15.9. The van der Waals surface area contributed by atoms with Gasteiger partial charge in [0.25, 0.3) is 0 Å². The van der Waals surface area contributed by atoms with E-state index < -0.39 is 17.5 Å². The van der Waals surface area contributed by atoms with Gasteiger partial charge in [0.1, 0.15) is 16.8 Å². The standard InChI is InChI=1S/C43H54ClNO5/c1-10-32(46)49-23-43-20-15-26(24(2)3)33(43)28-13-14-30-40(7)18-17-31(39(5,6)29(40)16-19-42(30,9)41(28,8)21-22-43)50-38-34(44)36(47)27-12-11-25(4)45-35(27)37(38)48/h1,11-12,26,28-31,33H,2,13-23H2,3-9H3/t26-,28+,29-,30+,31-,33+,40-,41+,42+,43+/m0/s1. The van der Waals surface area contributed by atoms with Gasteiger partial charge in [-0.3, -0.25) is 9.59 Å². The zero-order valence-electron chi connectivity index (χ0n) is 31.0. The molecule has 6 aliphatic carbocycles. The molecule has 1 heterocycles. The molecule has 0 unspecified atom stereocenters. The molecule has 0 aromatic carbocycles. The molecule has 0 radical (unpaired) electrons. The molecule has 268 valence electrons. The Balaban J connectivity index is 1.17. The topological polar surface area (TPSA) is 82.6 Å². The van der Waals surface area contributed by atoms with Crippen molar-refractivity contribution in [2.75, 3.05) is 6.61 Å². The van der Waals surface area contributed by atoms with E-state index in [0.29, 0.717) is 41.9 Å². The number of hydrogen-bond donors (Lipinski definition) is 0. The number of fused-ring (bicyclic) bond motifs is 8. The molecule has 6 aliphatic rings. The number of pyridine rings is 1. The Morgan fingerprint density at radius 3 is 2.40 bits per heavy atom. The molecule has 10 atom stereocenters. The number of nitrogens with zero attached hydrogens (tertiary/aromatic N) is 1. The van der Waals surface area contributed by atoms with Crippen LogP contribution in [0.4, 0.5) is 0 Å². The number of Topliss-reactive ketones (excluding diaryl/α,β-unsaturated/α-hetero) is 2. The molecular formula is C43H54ClNO5. The van der Waals surface area contributed by atoms with Crippen LogP contribution >= 0.6 is 11.6 Å². The minimum Gasteiger partial charge on any atom is -0.484 e. The molecule has 0 aliphatic heterocycles. The number of terminal acetylenes is 1. The number of aromatic nitrogens is 1. The second kappa shape index (κ2) is 11.8. The molecule has 0 saturated heterocycles. The number of aryl methyl sites for hydroxylation is 1. The van der Waals surface area contributed by atoms with Crippen LogP contribution in [0.5, 0.6) is 0 Å². The number of allylic oxidation sites excluding steroid dienone is 3. The van der Waals surface area contributed by atoms with Crippen molar-refractivity contribution >= 4 is 29.1 Å². The fourth-order valence-electron chi connectivity index (χ4n) is 13.6. The average molecular weight is 700 g/mol. The van der Waals surface area contributed by atoms with Crippen molar-refractivity contribution in [3.05, 3.63) is 52.0 Å². The second-order valence-corrected chi connectivity index (χ2v) is 18.8. The van der Waals surface area contributed by atoms with Gasteiger partial charge in [-0.1, -0.05) is 58.4 Å². The number of esters is 1. The van der Waals surface area contributed by atoms with Crippen molar-refractivity contribution < 1.29 is 23.9 Å². The lowest BCUT2D eigenvalue weighted by molar-refractivity contribution is -0.250. The molecule has 1 aromatic heterocycles. The Bertz CT molecular complexity index is 1750. The van der Waals surface area contributed by atoms with E-state index in [2.05, 4.69) is 59.0 Å². The van der Waals surface area contributed by atoms with Crippen LogP contribution in [0.25, 0.3) is 0 Å². The highest BCUT2D eigenvalue weighted by Crippen LogP contribution is 2.77. The predicted octanol–water partition coefficient (Wildman–Crippen LogP) is 9.44. The summed E-state index contributed by atoms with van der Waals surface area (Å²) >= 11 is 6.60. The first-order chi connectivity index (χ1) is 23.4. The van der Waals surface area contributed by atoms with E-state index in [-0.39, 0.29) is 55.2 Å². The SMILES string of the molecule is C#CC(=O)OC[C@]12CC[C@@H](C(=C)C)[C@@H]1[C@H]1CC[C@@H]3[C@@]4(C)CC[C@H](OC5=C(Cl)C(=O)c6ccc(C)nc6C5=O)C(C)(C)[C@@H]4CC[C@@]3(C)[C@]1(C)CC2. The summed E-state index contributed by atoms with van der Waals surface area (Å²) in [5.74, 6) is 3.10. The Hall–Kier alpha value is -2.91. The van der Waals surface area contributed by atoms with Gasteiger partial charge in [0.15, 0.2) is 5.76 Å². The summed E-state index contributed by atoms with van der Waals surface area (Å²) in [7, 11) is 0. The van der Waals surface area contributed by atoms with E-state index in [1.165, 1.54) is 18.4 Å². The zero-order chi connectivity index (χ0) is 36.2. The third-order valence-corrected chi connectivity index (χ3v) is 16.5. The summed E-state index contributed by atoms with van der Waals surface area (Å²) in [4.78, 5) is 43.5. The minimum absolute atomic E-state index is 0.0371. The van der Waals surface area contributed by atoms with Crippen molar-refractivity contribution in [3.63, 3.8) is 0 Å². The van der Waals surface area contributed by atoms with Crippen LogP contribution in [0.3, 0.4) is 0 Å². The third kappa shape index (κ3) is 4.80. The van der Waals surface area contributed by atoms with Crippen LogP contribution in [0, 0.1) is 75.9 Å². The zero-order valence-corrected chi connectivity index (χ0v) is 31.8. The largest absolute Gasteiger partial charge is 0.484 e. The number of carbonyl (C=O) groups is 3. The molecule has 0 N–H and O–H groups in total. The first kappa shape index (κ1) is 35.5. The Morgan fingerprint density at radius 1 is 0.960 bits per heavy atom. The van der Waals surface area contributed by atoms with Gasteiger partial charge in [0.2, 0.25) is 11.6 Å². The lowest BCUT2D eigenvalue weighted by atomic mass is 9.32. The van der Waals surface area contributed by atoms with E-state index in [4.69, 9.17) is 27.5 Å². The number of ether oxygens (including phenoxy) is 2. The summed E-state index contributed by atoms with van der Waals surface area (Å²) in [5, 5.41) is -0.137. The lowest BCUT2D eigenvalue weighted by Gasteiger charge is -2.73. The summed E-state index contributed by atoms with van der Waals surface area (Å²) in [6, 6.07) is 3.36. The van der Waals surface area contributed by atoms with Crippen LogP contribution in [0.1, 0.15) is 132 Å². The van der Waals surface area contributed by atoms with Gasteiger partial charge in [-0.05, 0) is 136 Å². The van der Waals surface area contributed by atoms with Crippen molar-refractivity contribution in [1.29, 1.82) is 0 Å². The second-order valence-electron chi connectivity index (χ2n) is 18.4. The molecule has 7 heteroatoms. The maximum absolute atomic E-state index is 13.7. The molecule has 0 bridgehead atoms. The number of halogens is 1. The van der Waals surface area contributed by atoms with Crippen molar-refractivity contribution in [1.82, 2.24) is 4.98 Å². The molecule has 0 amide bonds. The fourth-order valence-corrected chi connectivity index (χ4v) is 13.8. The highest BCUT2D eigenvalue weighted by molar-refractivity contribution is 6.49. The van der Waals surface area contributed by atoms with Gasteiger partial charge in [-0.25, -0.2) is 9.78 Å². The lowest BCUT2D eigenvalue weighted by Crippen LogP contribution is -2.67. The van der Waals surface area contributed by atoms with Gasteiger partial charge in [-0.15, -0.1) is 6.42 Å². The number of rotatable bonds is 5. The van der Waals surface area contributed by atoms with Crippen LogP contribution < -0.4 is 0 Å². The molecule has 7 rings (SSSR count). The summed E-state index contributed by atoms with van der Waals surface area (Å²) in [5.41, 5.74) is 2.41. The van der Waals surface area contributed by atoms with E-state index in [0.717, 1.165) is 51.4 Å². The maximum Gasteiger partial charge on any atom is 0.384 e. The molecule has 1 aromatic rings. The molecule has 5 saturated carbocycles. The molecule has 0 spiro atoms. The Kier molecular flexibility index (Phi) is 8.38. The van der Waals surface area contributed by atoms with Gasteiger partial charge in [0, 0.05) is 22.4 Å². The number of hydrogen-bond acceptors (Lipinski definition) is 6. The fraction of sp³-hybridized carbons (Fsp3) is 0.674. The first-order valence-electron chi connectivity index (χ1n) is 18.9. The monoisotopic (exact) mass is 699 g/mol. The van der Waals surface area contributed by atoms with Gasteiger partial charge < -0.3 is 9.47 Å². The molecular weight excluding hydrogens is 646 g/mol. The Morgan fingerprint density at radius 2 is 1.70 bits per heavy atom. The first-order valence-corrected chi connectivity index (χ1v) is 19.3. The van der Waals surface area contributed by atoms with E-state index >= 15 is 0 Å². The minimum atomic E-state index is -0.552. The van der Waals surface area contributed by atoms with Gasteiger partial charge in [-0.2, -0.15) is 0 Å². The molecule has 50 heavy (non-hydrogen) atoms. The average Bonchev–Trinajstić information content (AvgIpc) is 3.46. The quantitative estimate of drug-likeness (QED) is 0.132. The van der Waals surface area contributed by atoms with Gasteiger partial charge in [0.05, 0.1) is 12.2 Å². The summed E-state index contributed by atoms with van der Waals surface area (Å²) < 4.78 is 12.4. The predicted molar refractivity (Wildman–Crippen MR) is 194 cm³/mol. The Labute approximate surface area is 303 Å². The smallest absolute Gasteiger partial charge is 0.384 e.